The van der Waals surface area contributed by atoms with Gasteiger partial charge < -0.3 is 10.2 Å². The summed E-state index contributed by atoms with van der Waals surface area (Å²) < 4.78 is 5.44. The Morgan fingerprint density at radius 3 is 3.27 bits per heavy atom. The predicted octanol–water partition coefficient (Wildman–Crippen LogP) is 1.86. The Hall–Kier alpha value is -0.480. The minimum absolute atomic E-state index is 0.644. The Morgan fingerprint density at radius 2 is 2.53 bits per heavy atom. The van der Waals surface area contributed by atoms with Crippen molar-refractivity contribution in [2.24, 2.45) is 11.7 Å². The van der Waals surface area contributed by atoms with Crippen molar-refractivity contribution in [2.45, 2.75) is 25.7 Å². The first-order valence-corrected chi connectivity index (χ1v) is 6.75. The SMILES string of the molecule is NCCc1coc(CC2CCCSC2)n1. The van der Waals surface area contributed by atoms with Crippen molar-refractivity contribution in [3.05, 3.63) is 17.8 Å². The number of oxazole rings is 1. The number of rotatable bonds is 4. The fraction of sp³-hybridized carbons (Fsp3) is 0.727. The second-order valence-electron chi connectivity index (χ2n) is 4.06. The second kappa shape index (κ2) is 5.56. The van der Waals surface area contributed by atoms with Crippen molar-refractivity contribution in [1.29, 1.82) is 0 Å². The number of nitrogens with zero attached hydrogens (tertiary/aromatic N) is 1. The highest BCUT2D eigenvalue weighted by atomic mass is 32.2. The summed E-state index contributed by atoms with van der Waals surface area (Å²) in [5.41, 5.74) is 6.47. The van der Waals surface area contributed by atoms with Crippen LogP contribution in [0, 0.1) is 5.92 Å². The van der Waals surface area contributed by atoms with Crippen molar-refractivity contribution in [1.82, 2.24) is 4.98 Å². The lowest BCUT2D eigenvalue weighted by atomic mass is 10.0. The molecule has 0 radical (unpaired) electrons. The molecule has 1 aromatic heterocycles. The first kappa shape index (κ1) is 11.0. The van der Waals surface area contributed by atoms with E-state index in [9.17, 15) is 0 Å². The Bertz CT molecular complexity index is 295. The van der Waals surface area contributed by atoms with Crippen LogP contribution in [0.25, 0.3) is 0 Å². The molecule has 2 heterocycles. The average Bonchev–Trinajstić information content (AvgIpc) is 2.68. The smallest absolute Gasteiger partial charge is 0.194 e. The largest absolute Gasteiger partial charge is 0.449 e. The van der Waals surface area contributed by atoms with Crippen LogP contribution < -0.4 is 5.73 Å². The molecular weight excluding hydrogens is 208 g/mol. The van der Waals surface area contributed by atoms with Crippen molar-refractivity contribution < 1.29 is 4.42 Å². The van der Waals surface area contributed by atoms with Gasteiger partial charge in [-0.2, -0.15) is 11.8 Å². The van der Waals surface area contributed by atoms with Gasteiger partial charge in [-0.3, -0.25) is 0 Å². The lowest BCUT2D eigenvalue weighted by molar-refractivity contribution is 0.426. The maximum absolute atomic E-state index is 5.47. The van der Waals surface area contributed by atoms with E-state index in [0.717, 1.165) is 30.3 Å². The first-order valence-electron chi connectivity index (χ1n) is 5.59. The highest BCUT2D eigenvalue weighted by Crippen LogP contribution is 2.25. The maximum atomic E-state index is 5.47. The van der Waals surface area contributed by atoms with E-state index in [1.807, 2.05) is 11.8 Å². The van der Waals surface area contributed by atoms with Crippen molar-refractivity contribution in [3.8, 4) is 0 Å². The lowest BCUT2D eigenvalue weighted by Gasteiger charge is -2.19. The van der Waals surface area contributed by atoms with Gasteiger partial charge in [-0.15, -0.1) is 0 Å². The summed E-state index contributed by atoms with van der Waals surface area (Å²) >= 11 is 2.05. The zero-order valence-electron chi connectivity index (χ0n) is 8.95. The molecule has 0 amide bonds. The van der Waals surface area contributed by atoms with Crippen LogP contribution in [0.15, 0.2) is 10.7 Å². The lowest BCUT2D eigenvalue weighted by Crippen LogP contribution is -2.13. The summed E-state index contributed by atoms with van der Waals surface area (Å²) in [5.74, 6) is 4.23. The fourth-order valence-electron chi connectivity index (χ4n) is 1.92. The molecule has 1 unspecified atom stereocenters. The summed E-state index contributed by atoms with van der Waals surface area (Å²) in [6.45, 7) is 0.644. The standard InChI is InChI=1S/C11H18N2OS/c12-4-3-10-7-14-11(13-10)6-9-2-1-5-15-8-9/h7,9H,1-6,8,12H2. The number of hydrogen-bond donors (Lipinski definition) is 1. The molecule has 0 aliphatic carbocycles. The van der Waals surface area contributed by atoms with Gasteiger partial charge in [-0.05, 0) is 36.8 Å². The van der Waals surface area contributed by atoms with Crippen LogP contribution in [-0.2, 0) is 12.8 Å². The van der Waals surface area contributed by atoms with Crippen molar-refractivity contribution in [2.75, 3.05) is 18.1 Å². The molecule has 0 bridgehead atoms. The summed E-state index contributed by atoms with van der Waals surface area (Å²) in [7, 11) is 0. The van der Waals surface area contributed by atoms with Crippen molar-refractivity contribution >= 4 is 11.8 Å². The van der Waals surface area contributed by atoms with Crippen LogP contribution in [0.2, 0.25) is 0 Å². The highest BCUT2D eigenvalue weighted by molar-refractivity contribution is 7.99. The third kappa shape index (κ3) is 3.24. The molecule has 1 fully saturated rings. The quantitative estimate of drug-likeness (QED) is 0.851. The zero-order valence-corrected chi connectivity index (χ0v) is 9.76. The Morgan fingerprint density at radius 1 is 1.60 bits per heavy atom. The summed E-state index contributed by atoms with van der Waals surface area (Å²) in [6, 6.07) is 0. The first-order chi connectivity index (χ1) is 7.38. The molecule has 4 heteroatoms. The highest BCUT2D eigenvalue weighted by Gasteiger charge is 2.16. The molecular formula is C11H18N2OS. The molecule has 1 aromatic rings. The summed E-state index contributed by atoms with van der Waals surface area (Å²) in [4.78, 5) is 4.44. The van der Waals surface area contributed by atoms with Crippen LogP contribution in [0.3, 0.4) is 0 Å². The molecule has 1 atom stereocenters. The van der Waals surface area contributed by atoms with Gasteiger partial charge in [0.25, 0.3) is 0 Å². The van der Waals surface area contributed by atoms with E-state index in [1.54, 1.807) is 6.26 Å². The van der Waals surface area contributed by atoms with Gasteiger partial charge >= 0.3 is 0 Å². The molecule has 2 N–H and O–H groups in total. The van der Waals surface area contributed by atoms with E-state index in [-0.39, 0.29) is 0 Å². The Labute approximate surface area is 94.8 Å². The van der Waals surface area contributed by atoms with Crippen LogP contribution in [0.1, 0.15) is 24.4 Å². The number of aromatic nitrogens is 1. The van der Waals surface area contributed by atoms with E-state index in [1.165, 1.54) is 24.3 Å². The fourth-order valence-corrected chi connectivity index (χ4v) is 3.08. The van der Waals surface area contributed by atoms with E-state index in [0.29, 0.717) is 6.54 Å². The number of hydrogen-bond acceptors (Lipinski definition) is 4. The second-order valence-corrected chi connectivity index (χ2v) is 5.21. The maximum Gasteiger partial charge on any atom is 0.194 e. The molecule has 1 aliphatic heterocycles. The summed E-state index contributed by atoms with van der Waals surface area (Å²) in [5, 5.41) is 0. The van der Waals surface area contributed by atoms with Gasteiger partial charge in [0.1, 0.15) is 6.26 Å². The molecule has 0 spiro atoms. The summed E-state index contributed by atoms with van der Waals surface area (Å²) in [6.07, 6.45) is 6.23. The van der Waals surface area contributed by atoms with Gasteiger partial charge in [-0.25, -0.2) is 4.98 Å². The molecule has 15 heavy (non-hydrogen) atoms. The minimum atomic E-state index is 0.644. The van der Waals surface area contributed by atoms with Crippen LogP contribution >= 0.6 is 11.8 Å². The number of nitrogens with two attached hydrogens (primary N) is 1. The van der Waals surface area contributed by atoms with Gasteiger partial charge in [0.15, 0.2) is 5.89 Å². The van der Waals surface area contributed by atoms with Crippen molar-refractivity contribution in [3.63, 3.8) is 0 Å². The molecule has 3 nitrogen and oxygen atoms in total. The Kier molecular flexibility index (Phi) is 4.09. The van der Waals surface area contributed by atoms with Gasteiger partial charge in [0, 0.05) is 12.8 Å². The molecule has 0 aromatic carbocycles. The molecule has 1 saturated heterocycles. The van der Waals surface area contributed by atoms with Crippen LogP contribution in [-0.4, -0.2) is 23.0 Å². The van der Waals surface area contributed by atoms with E-state index >= 15 is 0 Å². The minimum Gasteiger partial charge on any atom is -0.449 e. The monoisotopic (exact) mass is 226 g/mol. The van der Waals surface area contributed by atoms with E-state index < -0.39 is 0 Å². The van der Waals surface area contributed by atoms with Crippen LogP contribution in [0.5, 0.6) is 0 Å². The van der Waals surface area contributed by atoms with Gasteiger partial charge in [-0.1, -0.05) is 0 Å². The third-order valence-corrected chi connectivity index (χ3v) is 4.00. The zero-order chi connectivity index (χ0) is 10.5. The number of thioether (sulfide) groups is 1. The molecule has 84 valence electrons. The average molecular weight is 226 g/mol. The Balaban J connectivity index is 1.86. The van der Waals surface area contributed by atoms with E-state index in [2.05, 4.69) is 4.98 Å². The molecule has 0 saturated carbocycles. The van der Waals surface area contributed by atoms with Gasteiger partial charge in [0.2, 0.25) is 0 Å². The third-order valence-electron chi connectivity index (χ3n) is 2.72. The van der Waals surface area contributed by atoms with E-state index in [4.69, 9.17) is 10.2 Å². The topological polar surface area (TPSA) is 52.0 Å². The van der Waals surface area contributed by atoms with Crippen LogP contribution in [0.4, 0.5) is 0 Å². The predicted molar refractivity (Wildman–Crippen MR) is 63.0 cm³/mol. The normalized spacial score (nSPS) is 21.8. The molecule has 2 rings (SSSR count). The van der Waals surface area contributed by atoms with Gasteiger partial charge in [0.05, 0.1) is 5.69 Å². The molecule has 1 aliphatic rings.